The van der Waals surface area contributed by atoms with Gasteiger partial charge in [0, 0.05) is 0 Å². The molecule has 0 aliphatic carbocycles. The van der Waals surface area contributed by atoms with Crippen molar-refractivity contribution >= 4 is 6.72 Å². The van der Waals surface area contributed by atoms with E-state index in [0.29, 0.717) is 0 Å². The number of hydrogen-bond donors (Lipinski definition) is 0. The predicted molar refractivity (Wildman–Crippen MR) is 52.2 cm³/mol. The smallest absolute Gasteiger partial charge is 0.134 e. The van der Waals surface area contributed by atoms with Crippen molar-refractivity contribution in [2.45, 2.75) is 13.0 Å². The van der Waals surface area contributed by atoms with Crippen molar-refractivity contribution < 1.29 is 0 Å². The third kappa shape index (κ3) is 1.96. The highest BCUT2D eigenvalue weighted by molar-refractivity contribution is 5.33. The summed E-state index contributed by atoms with van der Waals surface area (Å²) in [5, 5.41) is 0. The van der Waals surface area contributed by atoms with Crippen LogP contribution in [0.1, 0.15) is 18.5 Å². The summed E-state index contributed by atoms with van der Waals surface area (Å²) in [6.45, 7) is 5.31. The lowest BCUT2D eigenvalue weighted by molar-refractivity contribution is 0.956. The molecule has 0 amide bonds. The molecular formula is C11H11N. The molecule has 0 aliphatic heterocycles. The second-order valence-corrected chi connectivity index (χ2v) is 2.39. The van der Waals surface area contributed by atoms with Crippen LogP contribution in [0.25, 0.3) is 0 Å². The molecule has 1 aromatic rings. The zero-order chi connectivity index (χ0) is 8.81. The maximum atomic E-state index is 3.92. The normalized spacial score (nSPS) is 11.1. The van der Waals surface area contributed by atoms with Gasteiger partial charge in [-0.15, -0.1) is 5.92 Å². The van der Waals surface area contributed by atoms with Gasteiger partial charge in [0.15, 0.2) is 0 Å². The van der Waals surface area contributed by atoms with Crippen LogP contribution in [-0.4, -0.2) is 6.72 Å². The van der Waals surface area contributed by atoms with Gasteiger partial charge in [-0.3, -0.25) is 4.99 Å². The van der Waals surface area contributed by atoms with E-state index in [-0.39, 0.29) is 6.04 Å². The summed E-state index contributed by atoms with van der Waals surface area (Å²) in [7, 11) is 0. The van der Waals surface area contributed by atoms with E-state index in [4.69, 9.17) is 0 Å². The second-order valence-electron chi connectivity index (χ2n) is 2.39. The van der Waals surface area contributed by atoms with Crippen LogP contribution in [0, 0.1) is 11.8 Å². The number of rotatable bonds is 2. The fraction of sp³-hybridized carbons (Fsp3) is 0.182. The van der Waals surface area contributed by atoms with Crippen LogP contribution in [0.3, 0.4) is 0 Å². The summed E-state index contributed by atoms with van der Waals surface area (Å²) in [6.07, 6.45) is 0. The molecular weight excluding hydrogens is 146 g/mol. The van der Waals surface area contributed by atoms with Crippen molar-refractivity contribution in [1.82, 2.24) is 0 Å². The first-order chi connectivity index (χ1) is 5.88. The van der Waals surface area contributed by atoms with Crippen LogP contribution in [0.15, 0.2) is 35.3 Å². The quantitative estimate of drug-likeness (QED) is 0.462. The zero-order valence-electron chi connectivity index (χ0n) is 7.12. The summed E-state index contributed by atoms with van der Waals surface area (Å²) < 4.78 is 0. The third-order valence-electron chi connectivity index (χ3n) is 1.58. The average Bonchev–Trinajstić information content (AvgIpc) is 2.15. The molecule has 1 unspecified atom stereocenters. The third-order valence-corrected chi connectivity index (χ3v) is 1.58. The van der Waals surface area contributed by atoms with Gasteiger partial charge in [0.1, 0.15) is 6.04 Å². The number of nitrogens with zero attached hydrogens (tertiary/aromatic N) is 1. The molecule has 1 heteroatoms. The van der Waals surface area contributed by atoms with E-state index in [0.717, 1.165) is 5.56 Å². The Balaban J connectivity index is 2.92. The fourth-order valence-corrected chi connectivity index (χ4v) is 1.01. The molecule has 0 saturated heterocycles. The van der Waals surface area contributed by atoms with Gasteiger partial charge >= 0.3 is 0 Å². The molecule has 1 aromatic carbocycles. The number of hydrogen-bond acceptors (Lipinski definition) is 1. The standard InChI is InChI=1S/C11H11N/c1-3-7-11(12-2)10-8-5-4-6-9-10/h4-6,8-9,11H,2H2,1H3. The summed E-state index contributed by atoms with van der Waals surface area (Å²) in [6, 6.07) is 9.86. The molecule has 0 saturated carbocycles. The van der Waals surface area contributed by atoms with Crippen LogP contribution < -0.4 is 0 Å². The molecule has 0 fully saturated rings. The van der Waals surface area contributed by atoms with Gasteiger partial charge in [0.05, 0.1) is 0 Å². The highest BCUT2D eigenvalue weighted by Gasteiger charge is 2.01. The Morgan fingerprint density at radius 1 is 1.33 bits per heavy atom. The first-order valence-corrected chi connectivity index (χ1v) is 3.81. The molecule has 0 spiro atoms. The monoisotopic (exact) mass is 157 g/mol. The lowest BCUT2D eigenvalue weighted by Gasteiger charge is -2.03. The molecule has 60 valence electrons. The maximum absolute atomic E-state index is 3.92. The van der Waals surface area contributed by atoms with Gasteiger partial charge in [-0.2, -0.15) is 0 Å². The first kappa shape index (κ1) is 8.55. The van der Waals surface area contributed by atoms with Gasteiger partial charge in [0.25, 0.3) is 0 Å². The predicted octanol–water partition coefficient (Wildman–Crippen LogP) is 2.45. The van der Waals surface area contributed by atoms with Crippen molar-refractivity contribution in [2.75, 3.05) is 0 Å². The number of benzene rings is 1. The van der Waals surface area contributed by atoms with Crippen LogP contribution in [0.5, 0.6) is 0 Å². The van der Waals surface area contributed by atoms with Crippen molar-refractivity contribution in [1.29, 1.82) is 0 Å². The summed E-state index contributed by atoms with van der Waals surface area (Å²) in [4.78, 5) is 3.92. The Hall–Kier alpha value is -1.55. The van der Waals surface area contributed by atoms with Crippen LogP contribution in [0.4, 0.5) is 0 Å². The maximum Gasteiger partial charge on any atom is 0.134 e. The topological polar surface area (TPSA) is 12.4 Å². The second kappa shape index (κ2) is 4.35. The van der Waals surface area contributed by atoms with E-state index < -0.39 is 0 Å². The minimum Gasteiger partial charge on any atom is -0.280 e. The van der Waals surface area contributed by atoms with E-state index in [1.807, 2.05) is 30.3 Å². The molecule has 0 aromatic heterocycles. The zero-order valence-corrected chi connectivity index (χ0v) is 7.12. The average molecular weight is 157 g/mol. The fourth-order valence-electron chi connectivity index (χ4n) is 1.01. The van der Waals surface area contributed by atoms with Crippen LogP contribution in [-0.2, 0) is 0 Å². The molecule has 0 radical (unpaired) electrons. The molecule has 0 heterocycles. The van der Waals surface area contributed by atoms with E-state index in [1.54, 1.807) is 6.92 Å². The summed E-state index contributed by atoms with van der Waals surface area (Å²) in [5.41, 5.74) is 1.10. The minimum absolute atomic E-state index is 0.0730. The van der Waals surface area contributed by atoms with Crippen molar-refractivity contribution in [3.05, 3.63) is 35.9 Å². The largest absolute Gasteiger partial charge is 0.280 e. The summed E-state index contributed by atoms with van der Waals surface area (Å²) in [5.74, 6) is 5.80. The Morgan fingerprint density at radius 2 is 2.00 bits per heavy atom. The highest BCUT2D eigenvalue weighted by Crippen LogP contribution is 2.14. The van der Waals surface area contributed by atoms with Crippen molar-refractivity contribution in [3.8, 4) is 11.8 Å². The van der Waals surface area contributed by atoms with Crippen molar-refractivity contribution in [3.63, 3.8) is 0 Å². The highest BCUT2D eigenvalue weighted by atomic mass is 14.7. The van der Waals surface area contributed by atoms with E-state index in [2.05, 4.69) is 23.6 Å². The Bertz CT molecular complexity index is 303. The molecule has 1 rings (SSSR count). The lowest BCUT2D eigenvalue weighted by Crippen LogP contribution is -1.89. The molecule has 12 heavy (non-hydrogen) atoms. The van der Waals surface area contributed by atoms with Gasteiger partial charge in [-0.05, 0) is 19.2 Å². The van der Waals surface area contributed by atoms with Gasteiger partial charge in [0.2, 0.25) is 0 Å². The first-order valence-electron chi connectivity index (χ1n) is 3.81. The Morgan fingerprint density at radius 3 is 2.50 bits per heavy atom. The van der Waals surface area contributed by atoms with Gasteiger partial charge in [-0.1, -0.05) is 36.3 Å². The lowest BCUT2D eigenvalue weighted by atomic mass is 10.1. The Kier molecular flexibility index (Phi) is 3.10. The van der Waals surface area contributed by atoms with Gasteiger partial charge < -0.3 is 0 Å². The molecule has 0 N–H and O–H groups in total. The molecule has 0 bridgehead atoms. The molecule has 1 nitrogen and oxygen atoms in total. The van der Waals surface area contributed by atoms with E-state index in [9.17, 15) is 0 Å². The van der Waals surface area contributed by atoms with Crippen LogP contribution >= 0.6 is 0 Å². The number of aliphatic imine (C=N–C) groups is 1. The minimum atomic E-state index is -0.0730. The molecule has 0 aliphatic rings. The van der Waals surface area contributed by atoms with Crippen LogP contribution in [0.2, 0.25) is 0 Å². The van der Waals surface area contributed by atoms with E-state index in [1.165, 1.54) is 0 Å². The van der Waals surface area contributed by atoms with E-state index >= 15 is 0 Å². The Labute approximate surface area is 73.2 Å². The molecule has 1 atom stereocenters. The SMILES string of the molecule is C=NC(C#CC)c1ccccc1. The summed E-state index contributed by atoms with van der Waals surface area (Å²) >= 11 is 0. The van der Waals surface area contributed by atoms with Crippen molar-refractivity contribution in [2.24, 2.45) is 4.99 Å². The van der Waals surface area contributed by atoms with Gasteiger partial charge in [-0.25, -0.2) is 0 Å².